The zero-order valence-electron chi connectivity index (χ0n) is 8.26. The lowest BCUT2D eigenvalue weighted by molar-refractivity contribution is -0.174. The number of carbonyl (C=O) groups is 2. The maximum Gasteiger partial charge on any atom is 0.391 e. The molecule has 0 aromatic heterocycles. The number of hydrogen-bond donors (Lipinski definition) is 2. The second-order valence-electron chi connectivity index (χ2n) is 3.27. The minimum absolute atomic E-state index is 0. The number of alkyl halides is 3. The van der Waals surface area contributed by atoms with E-state index in [1.54, 1.807) is 0 Å². The Morgan fingerprint density at radius 1 is 1.38 bits per heavy atom. The van der Waals surface area contributed by atoms with Crippen LogP contribution < -0.4 is 5.32 Å². The quantitative estimate of drug-likeness (QED) is 0.791. The molecule has 2 atom stereocenters. The molecule has 0 saturated heterocycles. The van der Waals surface area contributed by atoms with Crippen LogP contribution in [0.1, 0.15) is 27.7 Å². The Kier molecular flexibility index (Phi) is 6.79. The van der Waals surface area contributed by atoms with Gasteiger partial charge in [0, 0.05) is 6.92 Å². The van der Waals surface area contributed by atoms with E-state index in [9.17, 15) is 22.8 Å². The Hall–Kier alpha value is -1.27. The molecule has 0 aromatic rings. The van der Waals surface area contributed by atoms with E-state index in [1.165, 1.54) is 0 Å². The van der Waals surface area contributed by atoms with Gasteiger partial charge in [0.15, 0.2) is 0 Å². The van der Waals surface area contributed by atoms with Crippen LogP contribution >= 0.6 is 0 Å². The summed E-state index contributed by atoms with van der Waals surface area (Å²) < 4.78 is 36.3. The molecular weight excluding hydrogens is 227 g/mol. The molecule has 0 saturated carbocycles. The summed E-state index contributed by atoms with van der Waals surface area (Å²) in [4.78, 5) is 21.0. The number of halogens is 3. The van der Waals surface area contributed by atoms with Crippen molar-refractivity contribution in [1.29, 1.82) is 0 Å². The van der Waals surface area contributed by atoms with Crippen LogP contribution in [0.3, 0.4) is 0 Å². The molecule has 0 unspecified atom stereocenters. The molecule has 1 amide bonds. The minimum atomic E-state index is -4.45. The van der Waals surface area contributed by atoms with Crippen LogP contribution in [0.15, 0.2) is 0 Å². The number of aliphatic carboxylic acids is 1. The first-order valence-electron chi connectivity index (χ1n) is 4.21. The van der Waals surface area contributed by atoms with Gasteiger partial charge in [0.2, 0.25) is 5.91 Å². The SMILES string of the molecule is C.CC(=O)N[C@@H](C[C@@H](C)C(F)(F)F)C(=O)O. The smallest absolute Gasteiger partial charge is 0.391 e. The second kappa shape index (κ2) is 6.34. The monoisotopic (exact) mass is 243 g/mol. The van der Waals surface area contributed by atoms with Gasteiger partial charge in [-0.15, -0.1) is 0 Å². The van der Waals surface area contributed by atoms with Crippen LogP contribution in [0.2, 0.25) is 0 Å². The molecule has 7 heteroatoms. The van der Waals surface area contributed by atoms with E-state index in [2.05, 4.69) is 0 Å². The highest BCUT2D eigenvalue weighted by atomic mass is 19.4. The first kappa shape index (κ1) is 17.1. The highest BCUT2D eigenvalue weighted by Gasteiger charge is 2.38. The summed E-state index contributed by atoms with van der Waals surface area (Å²) in [6.07, 6.45) is -5.12. The van der Waals surface area contributed by atoms with Crippen LogP contribution in [0.5, 0.6) is 0 Å². The second-order valence-corrected chi connectivity index (χ2v) is 3.27. The molecular formula is C9H16F3NO3. The van der Waals surface area contributed by atoms with E-state index in [4.69, 9.17) is 5.11 Å². The summed E-state index contributed by atoms with van der Waals surface area (Å²) in [6.45, 7) is 1.92. The number of rotatable bonds is 4. The summed E-state index contributed by atoms with van der Waals surface area (Å²) in [5.74, 6) is -3.91. The van der Waals surface area contributed by atoms with Crippen molar-refractivity contribution in [1.82, 2.24) is 5.32 Å². The Morgan fingerprint density at radius 3 is 2.06 bits per heavy atom. The van der Waals surface area contributed by atoms with Crippen LogP contribution in [-0.2, 0) is 9.59 Å². The lowest BCUT2D eigenvalue weighted by atomic mass is 10.0. The zero-order chi connectivity index (χ0) is 12.2. The third-order valence-electron chi connectivity index (χ3n) is 1.82. The highest BCUT2D eigenvalue weighted by Crippen LogP contribution is 2.29. The van der Waals surface area contributed by atoms with Crippen LogP contribution in [0.4, 0.5) is 13.2 Å². The van der Waals surface area contributed by atoms with E-state index < -0.39 is 36.4 Å². The molecule has 0 aliphatic rings. The third kappa shape index (κ3) is 6.26. The third-order valence-corrected chi connectivity index (χ3v) is 1.82. The summed E-state index contributed by atoms with van der Waals surface area (Å²) in [5, 5.41) is 10.5. The Morgan fingerprint density at radius 2 is 1.81 bits per heavy atom. The average molecular weight is 243 g/mol. The number of carbonyl (C=O) groups excluding carboxylic acids is 1. The van der Waals surface area contributed by atoms with E-state index in [-0.39, 0.29) is 7.43 Å². The lowest BCUT2D eigenvalue weighted by Gasteiger charge is -2.20. The predicted molar refractivity (Wildman–Crippen MR) is 51.8 cm³/mol. The molecule has 0 radical (unpaired) electrons. The summed E-state index contributed by atoms with van der Waals surface area (Å²) >= 11 is 0. The van der Waals surface area contributed by atoms with Gasteiger partial charge in [0.05, 0.1) is 5.92 Å². The van der Waals surface area contributed by atoms with Crippen molar-refractivity contribution in [3.63, 3.8) is 0 Å². The minimum Gasteiger partial charge on any atom is -0.480 e. The first-order valence-corrected chi connectivity index (χ1v) is 4.21. The molecule has 0 aliphatic carbocycles. The maximum atomic E-state index is 12.1. The first-order chi connectivity index (χ1) is 6.64. The van der Waals surface area contributed by atoms with Crippen LogP contribution in [0, 0.1) is 5.92 Å². The van der Waals surface area contributed by atoms with Gasteiger partial charge in [-0.2, -0.15) is 13.2 Å². The molecule has 0 rings (SSSR count). The molecule has 16 heavy (non-hydrogen) atoms. The van der Waals surface area contributed by atoms with Gasteiger partial charge in [-0.05, 0) is 6.42 Å². The van der Waals surface area contributed by atoms with Crippen molar-refractivity contribution in [2.75, 3.05) is 0 Å². The molecule has 96 valence electrons. The standard InChI is InChI=1S/C8H12F3NO3.CH4/c1-4(8(9,10)11)3-6(7(14)15)12-5(2)13;/h4,6H,3H2,1-2H3,(H,12,13)(H,14,15);1H4/t4-,6+;/m1./s1. The molecule has 0 aromatic carbocycles. The molecule has 2 N–H and O–H groups in total. The number of hydrogen-bond acceptors (Lipinski definition) is 2. The van der Waals surface area contributed by atoms with Gasteiger partial charge in [0.1, 0.15) is 6.04 Å². The largest absolute Gasteiger partial charge is 0.480 e. The Balaban J connectivity index is 0. The summed E-state index contributed by atoms with van der Waals surface area (Å²) in [5.41, 5.74) is 0. The average Bonchev–Trinajstić information content (AvgIpc) is 1.99. The fourth-order valence-electron chi connectivity index (χ4n) is 0.954. The van der Waals surface area contributed by atoms with Gasteiger partial charge in [0.25, 0.3) is 0 Å². The highest BCUT2D eigenvalue weighted by molar-refractivity contribution is 5.82. The van der Waals surface area contributed by atoms with Gasteiger partial charge in [-0.25, -0.2) is 4.79 Å². The van der Waals surface area contributed by atoms with Crippen molar-refractivity contribution in [3.05, 3.63) is 0 Å². The van der Waals surface area contributed by atoms with Crippen molar-refractivity contribution in [2.45, 2.75) is 39.9 Å². The Labute approximate surface area is 91.8 Å². The van der Waals surface area contributed by atoms with Crippen molar-refractivity contribution >= 4 is 11.9 Å². The Bertz CT molecular complexity index is 253. The van der Waals surface area contributed by atoms with E-state index in [1.807, 2.05) is 5.32 Å². The summed E-state index contributed by atoms with van der Waals surface area (Å²) in [6, 6.07) is -1.50. The van der Waals surface area contributed by atoms with Crippen molar-refractivity contribution in [3.8, 4) is 0 Å². The van der Waals surface area contributed by atoms with E-state index in [0.717, 1.165) is 13.8 Å². The van der Waals surface area contributed by atoms with Gasteiger partial charge >= 0.3 is 12.1 Å². The van der Waals surface area contributed by atoms with Crippen LogP contribution in [0.25, 0.3) is 0 Å². The molecule has 0 aliphatic heterocycles. The molecule has 0 spiro atoms. The number of carboxylic acids is 1. The van der Waals surface area contributed by atoms with Gasteiger partial charge in [-0.3, -0.25) is 4.79 Å². The topological polar surface area (TPSA) is 66.4 Å². The maximum absolute atomic E-state index is 12.1. The number of nitrogens with one attached hydrogen (secondary N) is 1. The fraction of sp³-hybridized carbons (Fsp3) is 0.778. The van der Waals surface area contributed by atoms with E-state index >= 15 is 0 Å². The molecule has 0 fully saturated rings. The van der Waals surface area contributed by atoms with Crippen LogP contribution in [-0.4, -0.2) is 29.2 Å². The fourth-order valence-corrected chi connectivity index (χ4v) is 0.954. The lowest BCUT2D eigenvalue weighted by Crippen LogP contribution is -2.42. The number of carboxylic acid groups (broad SMARTS) is 1. The molecule has 4 nitrogen and oxygen atoms in total. The van der Waals surface area contributed by atoms with Crippen molar-refractivity contribution < 1.29 is 27.9 Å². The van der Waals surface area contributed by atoms with Gasteiger partial charge in [-0.1, -0.05) is 14.4 Å². The summed E-state index contributed by atoms with van der Waals surface area (Å²) in [7, 11) is 0. The molecule has 0 heterocycles. The van der Waals surface area contributed by atoms with E-state index in [0.29, 0.717) is 0 Å². The predicted octanol–water partition coefficient (Wildman–Crippen LogP) is 1.80. The van der Waals surface area contributed by atoms with Crippen molar-refractivity contribution in [2.24, 2.45) is 5.92 Å². The normalized spacial score (nSPS) is 14.6. The molecule has 0 bridgehead atoms. The number of amides is 1. The van der Waals surface area contributed by atoms with Gasteiger partial charge < -0.3 is 10.4 Å². The zero-order valence-corrected chi connectivity index (χ0v) is 8.26.